The highest BCUT2D eigenvalue weighted by atomic mass is 32.1. The van der Waals surface area contributed by atoms with Crippen molar-refractivity contribution >= 4 is 12.2 Å². The van der Waals surface area contributed by atoms with Gasteiger partial charge in [0.25, 0.3) is 5.82 Å². The Morgan fingerprint density at radius 2 is 1.85 bits per heavy atom. The monoisotopic (exact) mass is 193 g/mol. The van der Waals surface area contributed by atoms with Gasteiger partial charge in [0, 0.05) is 12.2 Å². The molecule has 1 heterocycles. The molecule has 4 nitrogen and oxygen atoms in total. The van der Waals surface area contributed by atoms with E-state index in [1.54, 1.807) is 0 Å². The number of nitrogens with two attached hydrogens (primary N) is 1. The van der Waals surface area contributed by atoms with Crippen LogP contribution in [0, 0.1) is 4.77 Å². The molecular weight excluding hydrogens is 184 g/mol. The van der Waals surface area contributed by atoms with Crippen LogP contribution in [0.1, 0.15) is 0 Å². The summed E-state index contributed by atoms with van der Waals surface area (Å²) in [5, 5.41) is 5.66. The fraction of sp³-hybridized carbons (Fsp3) is 0. The van der Waals surface area contributed by atoms with Crippen LogP contribution in [0.5, 0.6) is 0 Å². The number of rotatable bonds is 1. The number of nitrogen functional groups attached to an aromatic ring is 1. The molecule has 2 aromatic rings. The Morgan fingerprint density at radius 3 is 2.38 bits per heavy atom. The first-order valence-electron chi connectivity index (χ1n) is 3.82. The minimum absolute atomic E-state index is 0.471. The second-order valence-electron chi connectivity index (χ2n) is 2.64. The van der Waals surface area contributed by atoms with Gasteiger partial charge in [-0.1, -0.05) is 18.2 Å². The second kappa shape index (κ2) is 3.02. The molecule has 5 heteroatoms. The zero-order valence-corrected chi connectivity index (χ0v) is 7.64. The third kappa shape index (κ3) is 1.33. The molecule has 0 aliphatic carbocycles. The van der Waals surface area contributed by atoms with Crippen molar-refractivity contribution in [3.8, 4) is 11.4 Å². The lowest BCUT2D eigenvalue weighted by atomic mass is 10.2. The summed E-state index contributed by atoms with van der Waals surface area (Å²) in [4.78, 5) is 0. The average molecular weight is 193 g/mol. The number of nitrogens with one attached hydrogen (secondary N) is 2. The van der Waals surface area contributed by atoms with Crippen molar-refractivity contribution in [3.63, 3.8) is 0 Å². The fourth-order valence-corrected chi connectivity index (χ4v) is 1.28. The molecule has 0 fully saturated rings. The van der Waals surface area contributed by atoms with Crippen LogP contribution in [-0.2, 0) is 0 Å². The van der Waals surface area contributed by atoms with Gasteiger partial charge in [-0.15, -0.1) is 9.77 Å². The van der Waals surface area contributed by atoms with Crippen LogP contribution >= 0.6 is 12.2 Å². The topological polar surface area (TPSA) is 61.5 Å². The summed E-state index contributed by atoms with van der Waals surface area (Å²) in [5.41, 5.74) is 0.998. The number of H-pyrrole nitrogens is 2. The van der Waals surface area contributed by atoms with Crippen LogP contribution in [0.3, 0.4) is 0 Å². The van der Waals surface area contributed by atoms with Crippen molar-refractivity contribution in [3.05, 3.63) is 35.1 Å². The van der Waals surface area contributed by atoms with Gasteiger partial charge in [0.15, 0.2) is 0 Å². The fourth-order valence-electron chi connectivity index (χ4n) is 1.14. The maximum Gasteiger partial charge on any atom is 0.345 e. The van der Waals surface area contributed by atoms with E-state index in [1.807, 2.05) is 30.3 Å². The lowest BCUT2D eigenvalue weighted by molar-refractivity contribution is -0.634. The van der Waals surface area contributed by atoms with Crippen LogP contribution < -0.4 is 10.5 Å². The molecule has 2 rings (SSSR count). The number of benzene rings is 1. The molecule has 0 saturated heterocycles. The molecule has 0 aliphatic rings. The molecule has 0 unspecified atom stereocenters. The number of aromatic nitrogens is 3. The molecule has 0 spiro atoms. The smallest absolute Gasteiger partial charge is 0.288 e. The summed E-state index contributed by atoms with van der Waals surface area (Å²) in [6, 6.07) is 9.75. The van der Waals surface area contributed by atoms with Gasteiger partial charge in [0.1, 0.15) is 0 Å². The molecule has 0 saturated carbocycles. The molecule has 0 bridgehead atoms. The molecule has 1 aromatic carbocycles. The molecule has 0 aliphatic heterocycles. The Balaban J connectivity index is 2.60. The normalized spacial score (nSPS) is 10.2. The number of aromatic amines is 2. The predicted molar refractivity (Wildman–Crippen MR) is 51.8 cm³/mol. The Labute approximate surface area is 80.0 Å². The number of hydrogen-bond acceptors (Lipinski definition) is 2. The van der Waals surface area contributed by atoms with E-state index >= 15 is 0 Å². The minimum Gasteiger partial charge on any atom is -0.288 e. The average Bonchev–Trinajstić information content (AvgIpc) is 2.49. The van der Waals surface area contributed by atoms with Crippen molar-refractivity contribution in [2.45, 2.75) is 0 Å². The lowest BCUT2D eigenvalue weighted by Gasteiger charge is -1.92. The quantitative estimate of drug-likeness (QED) is 0.355. The van der Waals surface area contributed by atoms with Crippen molar-refractivity contribution < 1.29 is 4.68 Å². The Bertz CT molecular complexity index is 456. The first-order chi connectivity index (χ1) is 6.29. The van der Waals surface area contributed by atoms with Crippen LogP contribution in [0.4, 0.5) is 0 Å². The van der Waals surface area contributed by atoms with Crippen molar-refractivity contribution in [1.82, 2.24) is 10.2 Å². The molecule has 0 radical (unpaired) electrons. The van der Waals surface area contributed by atoms with Crippen molar-refractivity contribution in [2.24, 2.45) is 0 Å². The van der Waals surface area contributed by atoms with E-state index in [0.717, 1.165) is 11.4 Å². The molecule has 13 heavy (non-hydrogen) atoms. The number of nitrogens with zero attached hydrogens (tertiary/aromatic N) is 1. The summed E-state index contributed by atoms with van der Waals surface area (Å²) in [6.45, 7) is 0. The van der Waals surface area contributed by atoms with Crippen LogP contribution in [0.2, 0.25) is 0 Å². The van der Waals surface area contributed by atoms with Gasteiger partial charge in [-0.3, -0.25) is 5.84 Å². The third-order valence-corrected chi connectivity index (χ3v) is 2.09. The van der Waals surface area contributed by atoms with Gasteiger partial charge in [0.2, 0.25) is 0 Å². The SMILES string of the molecule is N[n+]1c(-c2ccccc2)[nH][nH]c1=S. The van der Waals surface area contributed by atoms with E-state index in [1.165, 1.54) is 4.68 Å². The van der Waals surface area contributed by atoms with Gasteiger partial charge >= 0.3 is 4.77 Å². The van der Waals surface area contributed by atoms with Crippen molar-refractivity contribution in [2.75, 3.05) is 5.84 Å². The largest absolute Gasteiger partial charge is 0.345 e. The van der Waals surface area contributed by atoms with Crippen LogP contribution in [0.25, 0.3) is 11.4 Å². The second-order valence-corrected chi connectivity index (χ2v) is 3.03. The van der Waals surface area contributed by atoms with Gasteiger partial charge in [0.05, 0.1) is 5.56 Å². The van der Waals surface area contributed by atoms with Gasteiger partial charge in [-0.25, -0.2) is 0 Å². The zero-order valence-electron chi connectivity index (χ0n) is 6.82. The minimum atomic E-state index is 0.471. The summed E-state index contributed by atoms with van der Waals surface area (Å²) in [6.07, 6.45) is 0. The van der Waals surface area contributed by atoms with Crippen LogP contribution in [0.15, 0.2) is 30.3 Å². The highest BCUT2D eigenvalue weighted by molar-refractivity contribution is 7.71. The molecule has 0 atom stereocenters. The molecule has 1 aromatic heterocycles. The summed E-state index contributed by atoms with van der Waals surface area (Å²) in [7, 11) is 0. The highest BCUT2D eigenvalue weighted by Gasteiger charge is 2.10. The Morgan fingerprint density at radius 1 is 1.15 bits per heavy atom. The Hall–Kier alpha value is -1.62. The summed E-state index contributed by atoms with van der Waals surface area (Å²) >= 11 is 4.93. The zero-order chi connectivity index (χ0) is 9.26. The van der Waals surface area contributed by atoms with E-state index in [2.05, 4.69) is 10.2 Å². The predicted octanol–water partition coefficient (Wildman–Crippen LogP) is 0.741. The molecule has 66 valence electrons. The molecular formula is C8H9N4S+. The van der Waals surface area contributed by atoms with Crippen LogP contribution in [-0.4, -0.2) is 10.2 Å². The van der Waals surface area contributed by atoms with Crippen molar-refractivity contribution in [1.29, 1.82) is 0 Å². The maximum atomic E-state index is 5.68. The highest BCUT2D eigenvalue weighted by Crippen LogP contribution is 2.09. The molecule has 4 N–H and O–H groups in total. The van der Waals surface area contributed by atoms with E-state index in [9.17, 15) is 0 Å². The first-order valence-corrected chi connectivity index (χ1v) is 4.23. The number of hydrogen-bond donors (Lipinski definition) is 3. The van der Waals surface area contributed by atoms with E-state index in [0.29, 0.717) is 4.77 Å². The maximum absolute atomic E-state index is 5.68. The summed E-state index contributed by atoms with van der Waals surface area (Å²) in [5.74, 6) is 6.45. The van der Waals surface area contributed by atoms with Gasteiger partial charge < -0.3 is 0 Å². The van der Waals surface area contributed by atoms with Gasteiger partial charge in [-0.05, 0) is 12.1 Å². The van der Waals surface area contributed by atoms with E-state index in [4.69, 9.17) is 18.1 Å². The Kier molecular flexibility index (Phi) is 1.86. The first kappa shape index (κ1) is 8.00. The third-order valence-electron chi connectivity index (χ3n) is 1.79. The van der Waals surface area contributed by atoms with E-state index in [-0.39, 0.29) is 0 Å². The van der Waals surface area contributed by atoms with E-state index < -0.39 is 0 Å². The molecule has 0 amide bonds. The lowest BCUT2D eigenvalue weighted by Crippen LogP contribution is -2.46. The standard InChI is InChI=1S/C8H8N4S/c9-12-7(10-11-8(12)13)6-4-2-1-3-5-6/h1-5H,9H2,(H,11,13)/p+1. The van der Waals surface area contributed by atoms with Gasteiger partial charge in [-0.2, -0.15) is 5.10 Å². The summed E-state index contributed by atoms with van der Waals surface area (Å²) < 4.78 is 1.88.